The molecule has 0 N–H and O–H groups in total. The van der Waals surface area contributed by atoms with Gasteiger partial charge in [0.05, 0.1) is 0 Å². The van der Waals surface area contributed by atoms with Crippen LogP contribution in [0.1, 0.15) is 20.3 Å². The Labute approximate surface area is 67.7 Å². The van der Waals surface area contributed by atoms with Crippen LogP contribution in [0, 0.1) is 5.92 Å². The van der Waals surface area contributed by atoms with Gasteiger partial charge in [-0.15, -0.1) is 0 Å². The molecule has 0 spiro atoms. The first-order chi connectivity index (χ1) is 5.22. The molecule has 5 heteroatoms. The summed E-state index contributed by atoms with van der Waals surface area (Å²) in [6, 6.07) is 0. The van der Waals surface area contributed by atoms with Gasteiger partial charge in [0.25, 0.3) is 0 Å². The molecule has 1 aliphatic rings. The summed E-state index contributed by atoms with van der Waals surface area (Å²) in [5.41, 5.74) is -0.975. The molecule has 0 amide bonds. The predicted octanol–water partition coefficient (Wildman–Crippen LogP) is 1.89. The summed E-state index contributed by atoms with van der Waals surface area (Å²) in [5.74, 6) is -3.10. The molecule has 0 saturated carbocycles. The van der Waals surface area contributed by atoms with Crippen molar-refractivity contribution < 1.29 is 22.7 Å². The van der Waals surface area contributed by atoms with Crippen molar-refractivity contribution in [3.63, 3.8) is 0 Å². The maximum atomic E-state index is 12.1. The van der Waals surface area contributed by atoms with Crippen molar-refractivity contribution in [2.24, 2.45) is 5.92 Å². The average molecular weight is 182 g/mol. The zero-order valence-corrected chi connectivity index (χ0v) is 6.73. The first-order valence-electron chi connectivity index (χ1n) is 3.52. The van der Waals surface area contributed by atoms with Crippen molar-refractivity contribution in [1.29, 1.82) is 0 Å². The number of halogens is 3. The van der Waals surface area contributed by atoms with E-state index in [4.69, 9.17) is 0 Å². The normalized spacial score (nSPS) is 28.8. The standard InChI is InChI=1S/C7H9F3O2/c1-6(2)3-4(5(11)12-6)7(8,9)10/h4H,3H2,1-2H3/t4-/m1/s1. The molecule has 1 atom stereocenters. The lowest BCUT2D eigenvalue weighted by Gasteiger charge is -2.15. The van der Waals surface area contributed by atoms with Crippen LogP contribution >= 0.6 is 0 Å². The van der Waals surface area contributed by atoms with E-state index in [9.17, 15) is 18.0 Å². The molecule has 0 aromatic carbocycles. The summed E-state index contributed by atoms with van der Waals surface area (Å²) in [6.07, 6.45) is -4.75. The molecule has 1 fully saturated rings. The Hall–Kier alpha value is -0.740. The van der Waals surface area contributed by atoms with E-state index in [0.717, 1.165) is 0 Å². The minimum atomic E-state index is -4.47. The minimum absolute atomic E-state index is 0.282. The monoisotopic (exact) mass is 182 g/mol. The predicted molar refractivity (Wildman–Crippen MR) is 34.3 cm³/mol. The number of alkyl halides is 3. The fourth-order valence-corrected chi connectivity index (χ4v) is 1.21. The number of carbonyl (C=O) groups excluding carboxylic acids is 1. The molecule has 12 heavy (non-hydrogen) atoms. The third kappa shape index (κ3) is 1.70. The van der Waals surface area contributed by atoms with Crippen molar-refractivity contribution in [2.75, 3.05) is 0 Å². The Morgan fingerprint density at radius 1 is 1.50 bits per heavy atom. The summed E-state index contributed by atoms with van der Waals surface area (Å²) in [5, 5.41) is 0. The van der Waals surface area contributed by atoms with Crippen LogP contribution in [0.4, 0.5) is 13.2 Å². The molecule has 2 nitrogen and oxygen atoms in total. The molecule has 0 bridgehead atoms. The van der Waals surface area contributed by atoms with Gasteiger partial charge in [-0.1, -0.05) is 0 Å². The molecule has 1 rings (SSSR count). The summed E-state index contributed by atoms with van der Waals surface area (Å²) in [4.78, 5) is 10.7. The van der Waals surface area contributed by atoms with Crippen LogP contribution in [-0.2, 0) is 9.53 Å². The molecule has 0 aromatic rings. The van der Waals surface area contributed by atoms with Crippen LogP contribution < -0.4 is 0 Å². The van der Waals surface area contributed by atoms with Crippen LogP contribution in [0.3, 0.4) is 0 Å². The highest BCUT2D eigenvalue weighted by Crippen LogP contribution is 2.40. The van der Waals surface area contributed by atoms with Gasteiger partial charge in [0.1, 0.15) is 5.60 Å². The summed E-state index contributed by atoms with van der Waals surface area (Å²) in [6.45, 7) is 2.94. The van der Waals surface area contributed by atoms with Crippen LogP contribution in [0.5, 0.6) is 0 Å². The average Bonchev–Trinajstić information content (AvgIpc) is 2.03. The molecule has 0 aromatic heterocycles. The molecule has 0 radical (unpaired) electrons. The first-order valence-corrected chi connectivity index (χ1v) is 3.52. The van der Waals surface area contributed by atoms with Gasteiger partial charge in [0, 0.05) is 6.42 Å². The van der Waals surface area contributed by atoms with E-state index < -0.39 is 23.7 Å². The zero-order valence-electron chi connectivity index (χ0n) is 6.73. The Bertz CT molecular complexity index is 207. The number of rotatable bonds is 0. The lowest BCUT2D eigenvalue weighted by molar-refractivity contribution is -0.185. The number of carbonyl (C=O) groups is 1. The van der Waals surface area contributed by atoms with Gasteiger partial charge in [0.15, 0.2) is 5.92 Å². The van der Waals surface area contributed by atoms with Gasteiger partial charge >= 0.3 is 12.1 Å². The number of cyclic esters (lactones) is 1. The Morgan fingerprint density at radius 2 is 2.00 bits per heavy atom. The highest BCUT2D eigenvalue weighted by molar-refractivity contribution is 5.76. The van der Waals surface area contributed by atoms with Crippen LogP contribution in [0.15, 0.2) is 0 Å². The maximum Gasteiger partial charge on any atom is 0.402 e. The van der Waals surface area contributed by atoms with Gasteiger partial charge in [-0.3, -0.25) is 4.79 Å². The Balaban J connectivity index is 2.78. The van der Waals surface area contributed by atoms with Gasteiger partial charge in [-0.25, -0.2) is 0 Å². The summed E-state index contributed by atoms with van der Waals surface area (Å²) < 4.78 is 40.7. The second-order valence-electron chi connectivity index (χ2n) is 3.48. The number of esters is 1. The maximum absolute atomic E-state index is 12.1. The minimum Gasteiger partial charge on any atom is -0.459 e. The molecule has 0 aliphatic carbocycles. The lowest BCUT2D eigenvalue weighted by atomic mass is 9.97. The quantitative estimate of drug-likeness (QED) is 0.535. The van der Waals surface area contributed by atoms with E-state index in [-0.39, 0.29) is 6.42 Å². The number of hydrogen-bond donors (Lipinski definition) is 0. The molecule has 1 heterocycles. The lowest BCUT2D eigenvalue weighted by Crippen LogP contribution is -2.26. The fourth-order valence-electron chi connectivity index (χ4n) is 1.21. The van der Waals surface area contributed by atoms with E-state index in [2.05, 4.69) is 4.74 Å². The Kier molecular flexibility index (Phi) is 1.85. The smallest absolute Gasteiger partial charge is 0.402 e. The van der Waals surface area contributed by atoms with E-state index >= 15 is 0 Å². The van der Waals surface area contributed by atoms with Gasteiger partial charge in [0.2, 0.25) is 0 Å². The van der Waals surface area contributed by atoms with Crippen molar-refractivity contribution >= 4 is 5.97 Å². The van der Waals surface area contributed by atoms with E-state index in [1.165, 1.54) is 13.8 Å². The van der Waals surface area contributed by atoms with Crippen LogP contribution in [-0.4, -0.2) is 17.7 Å². The SMILES string of the molecule is CC1(C)C[C@@H](C(F)(F)F)C(=O)O1. The van der Waals surface area contributed by atoms with Gasteiger partial charge in [-0.2, -0.15) is 13.2 Å². The van der Waals surface area contributed by atoms with Crippen LogP contribution in [0.25, 0.3) is 0 Å². The highest BCUT2D eigenvalue weighted by atomic mass is 19.4. The largest absolute Gasteiger partial charge is 0.459 e. The molecule has 0 unspecified atom stereocenters. The third-order valence-corrected chi connectivity index (χ3v) is 1.75. The molecular formula is C7H9F3O2. The first kappa shape index (κ1) is 9.35. The van der Waals surface area contributed by atoms with Crippen LogP contribution in [0.2, 0.25) is 0 Å². The zero-order chi connectivity index (χ0) is 9.57. The highest BCUT2D eigenvalue weighted by Gasteiger charge is 2.54. The van der Waals surface area contributed by atoms with Gasteiger partial charge in [-0.05, 0) is 13.8 Å². The van der Waals surface area contributed by atoms with Crippen molar-refractivity contribution in [2.45, 2.75) is 32.0 Å². The molecule has 70 valence electrons. The van der Waals surface area contributed by atoms with Crippen molar-refractivity contribution in [1.82, 2.24) is 0 Å². The number of ether oxygens (including phenoxy) is 1. The second kappa shape index (κ2) is 2.37. The summed E-state index contributed by atoms with van der Waals surface area (Å²) in [7, 11) is 0. The summed E-state index contributed by atoms with van der Waals surface area (Å²) >= 11 is 0. The molecular weight excluding hydrogens is 173 g/mol. The number of hydrogen-bond acceptors (Lipinski definition) is 2. The van der Waals surface area contributed by atoms with Gasteiger partial charge < -0.3 is 4.74 Å². The molecule has 1 aliphatic heterocycles. The van der Waals surface area contributed by atoms with Crippen molar-refractivity contribution in [3.05, 3.63) is 0 Å². The molecule has 1 saturated heterocycles. The third-order valence-electron chi connectivity index (χ3n) is 1.75. The fraction of sp³-hybridized carbons (Fsp3) is 0.857. The Morgan fingerprint density at radius 3 is 2.17 bits per heavy atom. The van der Waals surface area contributed by atoms with E-state index in [0.29, 0.717) is 0 Å². The second-order valence-corrected chi connectivity index (χ2v) is 3.48. The van der Waals surface area contributed by atoms with Crippen molar-refractivity contribution in [3.8, 4) is 0 Å². The van der Waals surface area contributed by atoms with E-state index in [1.54, 1.807) is 0 Å². The topological polar surface area (TPSA) is 26.3 Å². The van der Waals surface area contributed by atoms with E-state index in [1.807, 2.05) is 0 Å².